The van der Waals surface area contributed by atoms with E-state index in [4.69, 9.17) is 4.74 Å². The summed E-state index contributed by atoms with van der Waals surface area (Å²) in [5.74, 6) is -0.340. The van der Waals surface area contributed by atoms with Crippen molar-refractivity contribution < 1.29 is 22.7 Å². The first-order valence-electron chi connectivity index (χ1n) is 11.8. The first-order valence-corrected chi connectivity index (χ1v) is 13.2. The van der Waals surface area contributed by atoms with E-state index in [2.05, 4.69) is 10.6 Å². The normalized spacial score (nSPS) is 20.5. The van der Waals surface area contributed by atoms with E-state index in [1.54, 1.807) is 19.1 Å². The highest BCUT2D eigenvalue weighted by molar-refractivity contribution is 7.89. The second-order valence-electron chi connectivity index (χ2n) is 8.65. The molecule has 0 unspecified atom stereocenters. The Kier molecular flexibility index (Phi) is 7.65. The van der Waals surface area contributed by atoms with E-state index in [0.717, 1.165) is 24.0 Å². The standard InChI is InChI=1S/C25H31N3O5S/c1-2-24(29)27-19-9-11-21(12-10-19)34(31,32)28-14-13-18-6-3-4-8-22(18)23(28)16-25(30)26-17-20-7-5-15-33-20/h3-4,6,8-12,20,23H,2,5,7,13-17H2,1H3,(H,26,30)(H,27,29)/t20-,23-/m0/s1. The van der Waals surface area contributed by atoms with E-state index < -0.39 is 16.1 Å². The Labute approximate surface area is 200 Å². The molecule has 0 aliphatic carbocycles. The van der Waals surface area contributed by atoms with Gasteiger partial charge < -0.3 is 15.4 Å². The summed E-state index contributed by atoms with van der Waals surface area (Å²) in [6.07, 6.45) is 2.88. The predicted molar refractivity (Wildman–Crippen MR) is 129 cm³/mol. The fraction of sp³-hybridized carbons (Fsp3) is 0.440. The second kappa shape index (κ2) is 10.7. The average molecular weight is 486 g/mol. The van der Waals surface area contributed by atoms with Gasteiger partial charge in [-0.15, -0.1) is 0 Å². The summed E-state index contributed by atoms with van der Waals surface area (Å²) < 4.78 is 34.3. The van der Waals surface area contributed by atoms with Gasteiger partial charge in [0, 0.05) is 38.2 Å². The summed E-state index contributed by atoms with van der Waals surface area (Å²) in [6, 6.07) is 13.3. The Morgan fingerprint density at radius 3 is 2.56 bits per heavy atom. The molecule has 1 saturated heterocycles. The number of carbonyl (C=O) groups is 2. The minimum Gasteiger partial charge on any atom is -0.376 e. The average Bonchev–Trinajstić information content (AvgIpc) is 3.37. The molecule has 34 heavy (non-hydrogen) atoms. The van der Waals surface area contributed by atoms with Gasteiger partial charge in [-0.2, -0.15) is 4.31 Å². The summed E-state index contributed by atoms with van der Waals surface area (Å²) in [6.45, 7) is 3.19. The number of nitrogens with one attached hydrogen (secondary N) is 2. The highest BCUT2D eigenvalue weighted by Gasteiger charge is 2.37. The fourth-order valence-corrected chi connectivity index (χ4v) is 6.11. The van der Waals surface area contributed by atoms with E-state index >= 15 is 0 Å². The number of fused-ring (bicyclic) bond motifs is 1. The lowest BCUT2D eigenvalue weighted by atomic mass is 9.92. The van der Waals surface area contributed by atoms with Crippen molar-refractivity contribution in [2.24, 2.45) is 0 Å². The van der Waals surface area contributed by atoms with Gasteiger partial charge in [0.25, 0.3) is 0 Å². The first-order chi connectivity index (χ1) is 16.4. The molecule has 2 aliphatic heterocycles. The molecule has 182 valence electrons. The van der Waals surface area contributed by atoms with Crippen LogP contribution in [0.2, 0.25) is 0 Å². The van der Waals surface area contributed by atoms with E-state index in [9.17, 15) is 18.0 Å². The third kappa shape index (κ3) is 5.48. The Hall–Kier alpha value is -2.75. The van der Waals surface area contributed by atoms with Crippen molar-refractivity contribution in [1.29, 1.82) is 0 Å². The lowest BCUT2D eigenvalue weighted by molar-refractivity contribution is -0.122. The minimum absolute atomic E-state index is 0.0224. The molecule has 0 aromatic heterocycles. The van der Waals surface area contributed by atoms with Crippen molar-refractivity contribution in [3.8, 4) is 0 Å². The number of rotatable bonds is 8. The van der Waals surface area contributed by atoms with Gasteiger partial charge in [0.05, 0.1) is 17.0 Å². The molecule has 2 aromatic rings. The first kappa shape index (κ1) is 24.4. The van der Waals surface area contributed by atoms with Gasteiger partial charge in [0.2, 0.25) is 21.8 Å². The van der Waals surface area contributed by atoms with Gasteiger partial charge >= 0.3 is 0 Å². The minimum atomic E-state index is -3.86. The number of anilines is 1. The van der Waals surface area contributed by atoms with Crippen LogP contribution in [-0.4, -0.2) is 50.3 Å². The molecular weight excluding hydrogens is 454 g/mol. The summed E-state index contributed by atoms with van der Waals surface area (Å²) >= 11 is 0. The number of benzene rings is 2. The predicted octanol–water partition coefficient (Wildman–Crippen LogP) is 3.01. The van der Waals surface area contributed by atoms with Crippen molar-refractivity contribution in [2.45, 2.75) is 56.1 Å². The Morgan fingerprint density at radius 2 is 1.85 bits per heavy atom. The van der Waals surface area contributed by atoms with Crippen LogP contribution in [0.4, 0.5) is 5.69 Å². The number of nitrogens with zero attached hydrogens (tertiary/aromatic N) is 1. The molecule has 2 heterocycles. The van der Waals surface area contributed by atoms with Crippen LogP contribution in [0.3, 0.4) is 0 Å². The van der Waals surface area contributed by atoms with Crippen molar-refractivity contribution in [2.75, 3.05) is 25.0 Å². The topological polar surface area (TPSA) is 105 Å². The molecule has 4 rings (SSSR count). The number of carbonyl (C=O) groups excluding carboxylic acids is 2. The molecule has 9 heteroatoms. The molecular formula is C25H31N3O5S. The van der Waals surface area contributed by atoms with Crippen LogP contribution < -0.4 is 10.6 Å². The van der Waals surface area contributed by atoms with Crippen LogP contribution in [0, 0.1) is 0 Å². The Balaban J connectivity index is 1.55. The SMILES string of the molecule is CCC(=O)Nc1ccc(S(=O)(=O)N2CCc3ccccc3[C@@H]2CC(=O)NC[C@@H]2CCCO2)cc1. The zero-order valence-electron chi connectivity index (χ0n) is 19.3. The summed E-state index contributed by atoms with van der Waals surface area (Å²) in [5.41, 5.74) is 2.46. The Morgan fingerprint density at radius 1 is 1.09 bits per heavy atom. The third-order valence-corrected chi connectivity index (χ3v) is 8.28. The third-order valence-electron chi connectivity index (χ3n) is 6.36. The lowest BCUT2D eigenvalue weighted by Gasteiger charge is -2.36. The molecule has 2 aliphatic rings. The molecule has 2 amide bonds. The molecule has 1 fully saturated rings. The maximum absolute atomic E-state index is 13.6. The monoisotopic (exact) mass is 485 g/mol. The maximum Gasteiger partial charge on any atom is 0.243 e. The molecule has 0 spiro atoms. The smallest absolute Gasteiger partial charge is 0.243 e. The van der Waals surface area contributed by atoms with E-state index in [1.807, 2.05) is 24.3 Å². The van der Waals surface area contributed by atoms with Crippen LogP contribution in [0.1, 0.15) is 49.8 Å². The van der Waals surface area contributed by atoms with Crippen LogP contribution in [0.15, 0.2) is 53.4 Å². The van der Waals surface area contributed by atoms with Crippen LogP contribution in [-0.2, 0) is 30.8 Å². The second-order valence-corrected chi connectivity index (χ2v) is 10.5. The van der Waals surface area contributed by atoms with Gasteiger partial charge in [-0.1, -0.05) is 31.2 Å². The summed E-state index contributed by atoms with van der Waals surface area (Å²) in [5, 5.41) is 5.64. The molecule has 0 radical (unpaired) electrons. The van der Waals surface area contributed by atoms with Gasteiger partial charge in [-0.05, 0) is 54.7 Å². The van der Waals surface area contributed by atoms with Crippen molar-refractivity contribution in [3.63, 3.8) is 0 Å². The molecule has 2 aromatic carbocycles. The molecule has 0 bridgehead atoms. The van der Waals surface area contributed by atoms with Gasteiger partial charge in [0.1, 0.15) is 0 Å². The molecule has 2 atom stereocenters. The van der Waals surface area contributed by atoms with Gasteiger partial charge in [-0.3, -0.25) is 9.59 Å². The van der Waals surface area contributed by atoms with Crippen molar-refractivity contribution in [1.82, 2.24) is 9.62 Å². The van der Waals surface area contributed by atoms with Crippen LogP contribution in [0.5, 0.6) is 0 Å². The zero-order valence-corrected chi connectivity index (χ0v) is 20.1. The zero-order chi connectivity index (χ0) is 24.1. The number of ether oxygens (including phenoxy) is 1. The molecule has 2 N–H and O–H groups in total. The summed E-state index contributed by atoms with van der Waals surface area (Å²) in [7, 11) is -3.86. The quantitative estimate of drug-likeness (QED) is 0.598. The van der Waals surface area contributed by atoms with Gasteiger partial charge in [-0.25, -0.2) is 8.42 Å². The number of amides is 2. The van der Waals surface area contributed by atoms with E-state index in [1.165, 1.54) is 16.4 Å². The summed E-state index contributed by atoms with van der Waals surface area (Å²) in [4.78, 5) is 24.6. The van der Waals surface area contributed by atoms with Gasteiger partial charge in [0.15, 0.2) is 0 Å². The lowest BCUT2D eigenvalue weighted by Crippen LogP contribution is -2.42. The maximum atomic E-state index is 13.6. The largest absolute Gasteiger partial charge is 0.376 e. The fourth-order valence-electron chi connectivity index (χ4n) is 4.50. The highest BCUT2D eigenvalue weighted by Crippen LogP contribution is 2.36. The molecule has 0 saturated carbocycles. The highest BCUT2D eigenvalue weighted by atomic mass is 32.2. The number of sulfonamides is 1. The van der Waals surface area contributed by atoms with Crippen LogP contribution in [0.25, 0.3) is 0 Å². The number of hydrogen-bond donors (Lipinski definition) is 2. The van der Waals surface area contributed by atoms with Crippen molar-refractivity contribution >= 4 is 27.5 Å². The van der Waals surface area contributed by atoms with E-state index in [-0.39, 0.29) is 35.8 Å². The van der Waals surface area contributed by atoms with Crippen LogP contribution >= 0.6 is 0 Å². The van der Waals surface area contributed by atoms with Crippen molar-refractivity contribution in [3.05, 3.63) is 59.7 Å². The number of hydrogen-bond acceptors (Lipinski definition) is 5. The Bertz CT molecular complexity index is 1130. The molecule has 8 nitrogen and oxygen atoms in total. The van der Waals surface area contributed by atoms with E-state index in [0.29, 0.717) is 31.7 Å².